The number of esters is 1. The Morgan fingerprint density at radius 1 is 0.900 bits per heavy atom. The number of halogens is 1. The van der Waals surface area contributed by atoms with Crippen molar-refractivity contribution in [2.24, 2.45) is 0 Å². The van der Waals surface area contributed by atoms with Crippen LogP contribution in [0.25, 0.3) is 0 Å². The molecule has 30 heavy (non-hydrogen) atoms. The van der Waals surface area contributed by atoms with Crippen molar-refractivity contribution in [3.63, 3.8) is 0 Å². The zero-order chi connectivity index (χ0) is 21.3. The second-order valence-electron chi connectivity index (χ2n) is 6.83. The fraction of sp³-hybridized carbons (Fsp3) is 0.167. The van der Waals surface area contributed by atoms with Crippen molar-refractivity contribution in [1.82, 2.24) is 5.32 Å². The van der Waals surface area contributed by atoms with Crippen LogP contribution in [0.5, 0.6) is 0 Å². The molecule has 0 aliphatic carbocycles. The van der Waals surface area contributed by atoms with Crippen LogP contribution in [0.1, 0.15) is 20.7 Å². The number of nitrogens with zero attached hydrogens (tertiary/aromatic N) is 1. The van der Waals surface area contributed by atoms with Crippen LogP contribution in [0.3, 0.4) is 0 Å². The summed E-state index contributed by atoms with van der Waals surface area (Å²) in [4.78, 5) is 26.9. The summed E-state index contributed by atoms with van der Waals surface area (Å²) in [6, 6.07) is 25.1. The van der Waals surface area contributed by atoms with E-state index >= 15 is 0 Å². The quantitative estimate of drug-likeness (QED) is 0.545. The lowest BCUT2D eigenvalue weighted by atomic mass is 10.2. The molecule has 1 amide bonds. The first kappa shape index (κ1) is 21.4. The molecule has 3 aromatic carbocycles. The highest BCUT2D eigenvalue weighted by Gasteiger charge is 2.19. The molecule has 0 saturated carbocycles. The minimum Gasteiger partial charge on any atom is -0.455 e. The van der Waals surface area contributed by atoms with Crippen molar-refractivity contribution in [2.75, 3.05) is 25.0 Å². The lowest BCUT2D eigenvalue weighted by Gasteiger charge is -2.26. The van der Waals surface area contributed by atoms with E-state index in [4.69, 9.17) is 16.3 Å². The molecule has 0 saturated heterocycles. The molecule has 0 aromatic heterocycles. The Balaban J connectivity index is 1.69. The van der Waals surface area contributed by atoms with E-state index < -0.39 is 12.1 Å². The van der Waals surface area contributed by atoms with Gasteiger partial charge >= 0.3 is 5.97 Å². The lowest BCUT2D eigenvalue weighted by Crippen LogP contribution is -2.41. The summed E-state index contributed by atoms with van der Waals surface area (Å²) in [6.07, 6.45) is -0.550. The number of rotatable bonds is 8. The Bertz CT molecular complexity index is 963. The number of hydrogen-bond donors (Lipinski definition) is 1. The van der Waals surface area contributed by atoms with Gasteiger partial charge in [0.05, 0.1) is 18.7 Å². The fourth-order valence-corrected chi connectivity index (χ4v) is 3.07. The van der Waals surface area contributed by atoms with E-state index in [-0.39, 0.29) is 12.5 Å². The first-order chi connectivity index (χ1) is 14.5. The van der Waals surface area contributed by atoms with Gasteiger partial charge in [0.2, 0.25) is 0 Å². The van der Waals surface area contributed by atoms with Gasteiger partial charge in [-0.15, -0.1) is 0 Å². The normalized spacial score (nSPS) is 11.4. The third kappa shape index (κ3) is 6.09. The first-order valence-corrected chi connectivity index (χ1v) is 9.96. The molecule has 6 heteroatoms. The monoisotopic (exact) mass is 422 g/mol. The largest absolute Gasteiger partial charge is 0.455 e. The molecule has 1 N–H and O–H groups in total. The van der Waals surface area contributed by atoms with Gasteiger partial charge in [0.1, 0.15) is 6.10 Å². The third-order valence-corrected chi connectivity index (χ3v) is 4.81. The van der Waals surface area contributed by atoms with E-state index in [0.717, 1.165) is 5.69 Å². The molecule has 0 radical (unpaired) electrons. The number of hydrogen-bond acceptors (Lipinski definition) is 4. The zero-order valence-electron chi connectivity index (χ0n) is 16.6. The topological polar surface area (TPSA) is 58.6 Å². The molecule has 1 atom stereocenters. The van der Waals surface area contributed by atoms with Crippen LogP contribution >= 0.6 is 11.6 Å². The van der Waals surface area contributed by atoms with Gasteiger partial charge < -0.3 is 15.0 Å². The third-order valence-electron chi connectivity index (χ3n) is 4.55. The number of benzene rings is 3. The number of ether oxygens (including phenoxy) is 1. The number of carbonyl (C=O) groups is 2. The van der Waals surface area contributed by atoms with E-state index in [1.807, 2.05) is 36.2 Å². The summed E-state index contributed by atoms with van der Waals surface area (Å²) < 4.78 is 5.72. The van der Waals surface area contributed by atoms with Crippen molar-refractivity contribution in [3.8, 4) is 0 Å². The number of amides is 1. The van der Waals surface area contributed by atoms with Gasteiger partial charge in [-0.2, -0.15) is 0 Å². The van der Waals surface area contributed by atoms with Crippen LogP contribution in [-0.2, 0) is 4.74 Å². The van der Waals surface area contributed by atoms with Crippen molar-refractivity contribution in [1.29, 1.82) is 0 Å². The minimum atomic E-state index is -0.550. The fourth-order valence-electron chi connectivity index (χ4n) is 2.94. The molecule has 0 heterocycles. The van der Waals surface area contributed by atoms with Gasteiger partial charge in [0.25, 0.3) is 5.91 Å². The van der Waals surface area contributed by atoms with Crippen molar-refractivity contribution in [2.45, 2.75) is 6.10 Å². The Labute approximate surface area is 181 Å². The van der Waals surface area contributed by atoms with Crippen LogP contribution in [0, 0.1) is 0 Å². The molecule has 0 spiro atoms. The molecule has 0 fully saturated rings. The summed E-state index contributed by atoms with van der Waals surface area (Å²) in [5.74, 6) is -0.649. The molecule has 0 bridgehead atoms. The first-order valence-electron chi connectivity index (χ1n) is 9.59. The standard InChI is InChI=1S/C24H23ClN2O3/c1-27(21-14-12-20(25)13-15-21)17-22(30-24(29)19-10-6-3-7-11-19)16-26-23(28)18-8-4-2-5-9-18/h2-15,22H,16-17H2,1H3,(H,26,28). The van der Waals surface area contributed by atoms with E-state index in [0.29, 0.717) is 22.7 Å². The van der Waals surface area contributed by atoms with Crippen molar-refractivity contribution >= 4 is 29.2 Å². The van der Waals surface area contributed by atoms with Crippen molar-refractivity contribution < 1.29 is 14.3 Å². The zero-order valence-corrected chi connectivity index (χ0v) is 17.4. The summed E-state index contributed by atoms with van der Waals surface area (Å²) >= 11 is 5.97. The van der Waals surface area contributed by atoms with Crippen LogP contribution in [0.2, 0.25) is 5.02 Å². The predicted octanol–water partition coefficient (Wildman–Crippen LogP) is 4.43. The molecule has 3 aromatic rings. The Kier molecular flexibility index (Phi) is 7.46. The van der Waals surface area contributed by atoms with E-state index in [1.54, 1.807) is 60.7 Å². The average Bonchev–Trinajstić information content (AvgIpc) is 2.78. The summed E-state index contributed by atoms with van der Waals surface area (Å²) in [5.41, 5.74) is 1.94. The Morgan fingerprint density at radius 3 is 2.07 bits per heavy atom. The van der Waals surface area contributed by atoms with E-state index in [9.17, 15) is 9.59 Å². The van der Waals surface area contributed by atoms with Crippen LogP contribution in [0.4, 0.5) is 5.69 Å². The van der Waals surface area contributed by atoms with Crippen LogP contribution < -0.4 is 10.2 Å². The van der Waals surface area contributed by atoms with Crippen LogP contribution in [-0.4, -0.2) is 38.1 Å². The van der Waals surface area contributed by atoms with Crippen molar-refractivity contribution in [3.05, 3.63) is 101 Å². The molecule has 1 unspecified atom stereocenters. The summed E-state index contributed by atoms with van der Waals surface area (Å²) in [5, 5.41) is 3.51. The van der Waals surface area contributed by atoms with E-state index in [2.05, 4.69) is 5.32 Å². The Hall–Kier alpha value is -3.31. The highest BCUT2D eigenvalue weighted by Crippen LogP contribution is 2.17. The number of carbonyl (C=O) groups excluding carboxylic acids is 2. The summed E-state index contributed by atoms with van der Waals surface area (Å²) in [7, 11) is 1.89. The van der Waals surface area contributed by atoms with E-state index in [1.165, 1.54) is 0 Å². The molecule has 3 rings (SSSR count). The van der Waals surface area contributed by atoms with Gasteiger partial charge in [0.15, 0.2) is 0 Å². The molecular formula is C24H23ClN2O3. The van der Waals surface area contributed by atoms with Gasteiger partial charge in [-0.1, -0.05) is 48.0 Å². The maximum atomic E-state index is 12.6. The molecule has 0 aliphatic rings. The highest BCUT2D eigenvalue weighted by atomic mass is 35.5. The second-order valence-corrected chi connectivity index (χ2v) is 7.26. The number of nitrogens with one attached hydrogen (secondary N) is 1. The van der Waals surface area contributed by atoms with Gasteiger partial charge in [-0.25, -0.2) is 4.79 Å². The van der Waals surface area contributed by atoms with Gasteiger partial charge in [0, 0.05) is 23.3 Å². The average molecular weight is 423 g/mol. The smallest absolute Gasteiger partial charge is 0.338 e. The maximum Gasteiger partial charge on any atom is 0.338 e. The molecule has 0 aliphatic heterocycles. The van der Waals surface area contributed by atoms with Gasteiger partial charge in [-0.3, -0.25) is 4.79 Å². The minimum absolute atomic E-state index is 0.185. The maximum absolute atomic E-state index is 12.6. The Morgan fingerprint density at radius 2 is 1.47 bits per heavy atom. The predicted molar refractivity (Wildman–Crippen MR) is 119 cm³/mol. The second kappa shape index (κ2) is 10.5. The molecule has 5 nitrogen and oxygen atoms in total. The summed E-state index contributed by atoms with van der Waals surface area (Å²) in [6.45, 7) is 0.583. The SMILES string of the molecule is CN(CC(CNC(=O)c1ccccc1)OC(=O)c1ccccc1)c1ccc(Cl)cc1. The number of anilines is 1. The molecular weight excluding hydrogens is 400 g/mol. The van der Waals surface area contributed by atoms with Crippen LogP contribution in [0.15, 0.2) is 84.9 Å². The number of likely N-dealkylation sites (N-methyl/N-ethyl adjacent to an activating group) is 1. The van der Waals surface area contributed by atoms with Gasteiger partial charge in [-0.05, 0) is 48.5 Å². The molecule has 154 valence electrons. The highest BCUT2D eigenvalue weighted by molar-refractivity contribution is 6.30. The lowest BCUT2D eigenvalue weighted by molar-refractivity contribution is 0.0315.